The van der Waals surface area contributed by atoms with E-state index in [0.717, 1.165) is 24.8 Å². The van der Waals surface area contributed by atoms with Crippen molar-refractivity contribution < 1.29 is 8.42 Å². The van der Waals surface area contributed by atoms with Crippen LogP contribution in [-0.4, -0.2) is 24.8 Å². The summed E-state index contributed by atoms with van der Waals surface area (Å²) in [7, 11) is -3.28. The molecule has 3 atom stereocenters. The van der Waals surface area contributed by atoms with Crippen molar-refractivity contribution in [3.8, 4) is 0 Å². The SMILES string of the molecule is CCC[C@H]1[C@@H](CC)N1S(=O)(=O)c1ccc(C)cc1. The van der Waals surface area contributed by atoms with E-state index < -0.39 is 10.0 Å². The van der Waals surface area contributed by atoms with Crippen LogP contribution < -0.4 is 0 Å². The molecule has 1 fully saturated rings. The van der Waals surface area contributed by atoms with Crippen molar-refractivity contribution in [1.82, 2.24) is 4.31 Å². The first-order valence-electron chi connectivity index (χ1n) is 6.62. The number of hydrogen-bond acceptors (Lipinski definition) is 2. The zero-order chi connectivity index (χ0) is 13.3. The summed E-state index contributed by atoms with van der Waals surface area (Å²) in [6, 6.07) is 7.54. The van der Waals surface area contributed by atoms with Crippen LogP contribution in [0.4, 0.5) is 0 Å². The molecule has 1 aromatic carbocycles. The van der Waals surface area contributed by atoms with Gasteiger partial charge in [-0.2, -0.15) is 4.31 Å². The molecule has 4 heteroatoms. The molecule has 1 unspecified atom stereocenters. The first-order valence-corrected chi connectivity index (χ1v) is 8.06. The fraction of sp³-hybridized carbons (Fsp3) is 0.571. The van der Waals surface area contributed by atoms with Crippen molar-refractivity contribution in [3.63, 3.8) is 0 Å². The molecule has 0 aliphatic carbocycles. The van der Waals surface area contributed by atoms with Crippen LogP contribution in [-0.2, 0) is 10.0 Å². The third-order valence-electron chi connectivity index (χ3n) is 3.61. The summed E-state index contributed by atoms with van der Waals surface area (Å²) in [5, 5.41) is 0. The summed E-state index contributed by atoms with van der Waals surface area (Å²) >= 11 is 0. The molecule has 2 rings (SSSR count). The molecule has 18 heavy (non-hydrogen) atoms. The van der Waals surface area contributed by atoms with Gasteiger partial charge in [0.15, 0.2) is 0 Å². The van der Waals surface area contributed by atoms with Gasteiger partial charge in [0.25, 0.3) is 0 Å². The van der Waals surface area contributed by atoms with Gasteiger partial charge in [-0.1, -0.05) is 38.0 Å². The summed E-state index contributed by atoms with van der Waals surface area (Å²) in [5.41, 5.74) is 1.08. The van der Waals surface area contributed by atoms with E-state index in [1.54, 1.807) is 16.4 Å². The molecule has 1 saturated heterocycles. The van der Waals surface area contributed by atoms with Gasteiger partial charge in [0, 0.05) is 12.1 Å². The van der Waals surface area contributed by atoms with E-state index in [4.69, 9.17) is 0 Å². The van der Waals surface area contributed by atoms with Crippen LogP contribution in [0.25, 0.3) is 0 Å². The summed E-state index contributed by atoms with van der Waals surface area (Å²) < 4.78 is 26.7. The van der Waals surface area contributed by atoms with Gasteiger partial charge in [-0.3, -0.25) is 0 Å². The second kappa shape index (κ2) is 5.02. The number of rotatable bonds is 5. The van der Waals surface area contributed by atoms with E-state index in [2.05, 4.69) is 13.8 Å². The first-order chi connectivity index (χ1) is 8.52. The topological polar surface area (TPSA) is 37.1 Å². The molecule has 1 aromatic rings. The number of benzene rings is 1. The normalized spacial score (nSPS) is 27.2. The van der Waals surface area contributed by atoms with Gasteiger partial charge in [0.1, 0.15) is 0 Å². The van der Waals surface area contributed by atoms with Crippen LogP contribution in [0, 0.1) is 6.92 Å². The van der Waals surface area contributed by atoms with Crippen molar-refractivity contribution in [2.45, 2.75) is 57.0 Å². The molecule has 0 bridgehead atoms. The van der Waals surface area contributed by atoms with E-state index >= 15 is 0 Å². The third kappa shape index (κ3) is 2.31. The van der Waals surface area contributed by atoms with Gasteiger partial charge in [0.05, 0.1) is 4.90 Å². The molecule has 100 valence electrons. The average Bonchev–Trinajstić information content (AvgIpc) is 3.04. The molecule has 1 heterocycles. The average molecular weight is 267 g/mol. The molecule has 0 radical (unpaired) electrons. The third-order valence-corrected chi connectivity index (χ3v) is 5.57. The van der Waals surface area contributed by atoms with Crippen LogP contribution >= 0.6 is 0 Å². The monoisotopic (exact) mass is 267 g/mol. The second-order valence-electron chi connectivity index (χ2n) is 4.98. The predicted molar refractivity (Wildman–Crippen MR) is 73.0 cm³/mol. The second-order valence-corrected chi connectivity index (χ2v) is 6.82. The molecular weight excluding hydrogens is 246 g/mol. The Morgan fingerprint density at radius 1 is 1.11 bits per heavy atom. The lowest BCUT2D eigenvalue weighted by Crippen LogP contribution is -2.15. The minimum atomic E-state index is -3.28. The van der Waals surface area contributed by atoms with E-state index in [0.29, 0.717) is 4.90 Å². The van der Waals surface area contributed by atoms with Crippen LogP contribution in [0.15, 0.2) is 29.2 Å². The van der Waals surface area contributed by atoms with Gasteiger partial charge < -0.3 is 0 Å². The minimum absolute atomic E-state index is 0.205. The lowest BCUT2D eigenvalue weighted by Gasteiger charge is -2.07. The molecule has 0 amide bonds. The van der Waals surface area contributed by atoms with E-state index in [1.165, 1.54) is 0 Å². The molecule has 0 N–H and O–H groups in total. The maximum absolute atomic E-state index is 12.5. The highest BCUT2D eigenvalue weighted by Crippen LogP contribution is 2.40. The predicted octanol–water partition coefficient (Wildman–Crippen LogP) is 2.95. The Kier molecular flexibility index (Phi) is 3.78. The minimum Gasteiger partial charge on any atom is -0.207 e. The fourth-order valence-electron chi connectivity index (χ4n) is 2.57. The molecule has 0 aromatic heterocycles. The molecule has 1 aliphatic heterocycles. The largest absolute Gasteiger partial charge is 0.243 e. The highest BCUT2D eigenvalue weighted by Gasteiger charge is 2.53. The van der Waals surface area contributed by atoms with Crippen molar-refractivity contribution in [2.24, 2.45) is 0 Å². The summed E-state index contributed by atoms with van der Waals surface area (Å²) in [5.74, 6) is 0. The molecule has 0 spiro atoms. The first kappa shape index (κ1) is 13.6. The highest BCUT2D eigenvalue weighted by atomic mass is 32.2. The molecule has 0 saturated carbocycles. The zero-order valence-corrected chi connectivity index (χ0v) is 12.1. The Labute approximate surface area is 110 Å². The van der Waals surface area contributed by atoms with Crippen molar-refractivity contribution in [1.29, 1.82) is 0 Å². The number of nitrogens with zero attached hydrogens (tertiary/aromatic N) is 1. The maximum Gasteiger partial charge on any atom is 0.243 e. The number of aryl methyl sites for hydroxylation is 1. The van der Waals surface area contributed by atoms with Gasteiger partial charge in [-0.15, -0.1) is 0 Å². The Hall–Kier alpha value is -0.870. The van der Waals surface area contributed by atoms with E-state index in [1.807, 2.05) is 19.1 Å². The fourth-order valence-corrected chi connectivity index (χ4v) is 4.48. The van der Waals surface area contributed by atoms with Crippen molar-refractivity contribution in [2.75, 3.05) is 0 Å². The summed E-state index contributed by atoms with van der Waals surface area (Å²) in [4.78, 5) is 0.421. The van der Waals surface area contributed by atoms with Crippen LogP contribution in [0.3, 0.4) is 0 Å². The molecule has 3 nitrogen and oxygen atoms in total. The number of sulfonamides is 1. The summed E-state index contributed by atoms with van der Waals surface area (Å²) in [6.45, 7) is 6.11. The van der Waals surface area contributed by atoms with Gasteiger partial charge in [0.2, 0.25) is 10.0 Å². The van der Waals surface area contributed by atoms with E-state index in [-0.39, 0.29) is 12.1 Å². The smallest absolute Gasteiger partial charge is 0.207 e. The molecule has 1 aliphatic rings. The Bertz CT molecular complexity index is 507. The van der Waals surface area contributed by atoms with Crippen molar-refractivity contribution >= 4 is 10.0 Å². The standard InChI is InChI=1S/C14H21NO2S/c1-4-6-14-13(5-2)15(14)18(16,17)12-9-7-11(3)8-10-12/h7-10,13-14H,4-6H2,1-3H3/t13-,14+,15?/m1/s1. The lowest BCUT2D eigenvalue weighted by atomic mass is 10.2. The lowest BCUT2D eigenvalue weighted by molar-refractivity contribution is 0.538. The van der Waals surface area contributed by atoms with Crippen LogP contribution in [0.2, 0.25) is 0 Å². The maximum atomic E-state index is 12.5. The highest BCUT2D eigenvalue weighted by molar-refractivity contribution is 7.89. The summed E-state index contributed by atoms with van der Waals surface area (Å²) in [6.07, 6.45) is 2.89. The van der Waals surface area contributed by atoms with Gasteiger partial charge in [-0.05, 0) is 31.9 Å². The van der Waals surface area contributed by atoms with Crippen LogP contribution in [0.5, 0.6) is 0 Å². The quantitative estimate of drug-likeness (QED) is 0.769. The Morgan fingerprint density at radius 2 is 1.72 bits per heavy atom. The van der Waals surface area contributed by atoms with Gasteiger partial charge in [-0.25, -0.2) is 8.42 Å². The number of hydrogen-bond donors (Lipinski definition) is 0. The van der Waals surface area contributed by atoms with Crippen molar-refractivity contribution in [3.05, 3.63) is 29.8 Å². The Balaban J connectivity index is 2.24. The van der Waals surface area contributed by atoms with Crippen LogP contribution in [0.1, 0.15) is 38.7 Å². The van der Waals surface area contributed by atoms with E-state index in [9.17, 15) is 8.42 Å². The zero-order valence-electron chi connectivity index (χ0n) is 11.3. The van der Waals surface area contributed by atoms with Gasteiger partial charge >= 0.3 is 0 Å². The molecular formula is C14H21NO2S. The Morgan fingerprint density at radius 3 is 2.22 bits per heavy atom.